The lowest BCUT2D eigenvalue weighted by atomic mass is 9.79. The Morgan fingerprint density at radius 3 is 1.23 bits per heavy atom. The highest BCUT2D eigenvalue weighted by Crippen LogP contribution is 2.41. The number of dihydropyridines is 1. The molecule has 3 aromatic rings. The van der Waals surface area contributed by atoms with Gasteiger partial charge in [0.05, 0.1) is 47.2 Å². The predicted molar refractivity (Wildman–Crippen MR) is 230 cm³/mol. The summed E-state index contributed by atoms with van der Waals surface area (Å²) in [5, 5.41) is 3.47. The lowest BCUT2D eigenvalue weighted by molar-refractivity contribution is -0.692. The van der Waals surface area contributed by atoms with E-state index in [0.29, 0.717) is 29.8 Å². The third-order valence-corrected chi connectivity index (χ3v) is 11.2. The normalized spacial score (nSPS) is 13.4. The molecule has 1 aliphatic rings. The first kappa shape index (κ1) is 48.2. The molecule has 0 radical (unpaired) electrons. The van der Waals surface area contributed by atoms with Gasteiger partial charge in [0, 0.05) is 24.3 Å². The number of unbranched alkanes of at least 4 members (excludes halogenated alkanes) is 18. The van der Waals surface area contributed by atoms with Crippen molar-refractivity contribution in [3.8, 4) is 0 Å². The predicted octanol–water partition coefficient (Wildman–Crippen LogP) is 11.8. The van der Waals surface area contributed by atoms with E-state index >= 15 is 0 Å². The largest absolute Gasteiger partial charge is 0.462 e. The zero-order chi connectivity index (χ0) is 42.8. The summed E-state index contributed by atoms with van der Waals surface area (Å²) in [6, 6.07) is 16.1. The summed E-state index contributed by atoms with van der Waals surface area (Å²) in [6.45, 7) is 5.28. The van der Waals surface area contributed by atoms with Gasteiger partial charge in [0.1, 0.15) is 0 Å². The van der Waals surface area contributed by atoms with Gasteiger partial charge in [-0.15, -0.1) is 0 Å². The average Bonchev–Trinajstić information content (AvgIpc) is 3.24. The van der Waals surface area contributed by atoms with Gasteiger partial charge in [0.15, 0.2) is 37.9 Å². The number of pyridine rings is 2. The lowest BCUT2D eigenvalue weighted by Gasteiger charge is -2.31. The first-order chi connectivity index (χ1) is 29.2. The van der Waals surface area contributed by atoms with Gasteiger partial charge in [-0.3, -0.25) is 0 Å². The summed E-state index contributed by atoms with van der Waals surface area (Å²) in [6.07, 6.45) is 25.6. The van der Waals surface area contributed by atoms with Gasteiger partial charge in [-0.2, -0.15) is 22.3 Å². The van der Waals surface area contributed by atoms with E-state index in [9.17, 15) is 22.8 Å². The van der Waals surface area contributed by atoms with E-state index in [1.165, 1.54) is 89.2 Å². The topological polar surface area (TPSA) is 72.4 Å². The zero-order valence-corrected chi connectivity index (χ0v) is 36.3. The number of hydrogen-bond donors (Lipinski definition) is 1. The van der Waals surface area contributed by atoms with Crippen LogP contribution in [0.15, 0.2) is 108 Å². The molecule has 0 spiro atoms. The van der Waals surface area contributed by atoms with Crippen LogP contribution in [0.1, 0.15) is 159 Å². The molecule has 1 aliphatic heterocycles. The third kappa shape index (κ3) is 16.9. The highest BCUT2D eigenvalue weighted by Gasteiger charge is 2.42. The number of esters is 2. The summed E-state index contributed by atoms with van der Waals surface area (Å²) in [7, 11) is 0. The Morgan fingerprint density at radius 1 is 0.533 bits per heavy atom. The third-order valence-electron chi connectivity index (χ3n) is 11.2. The molecule has 0 unspecified atom stereocenters. The second-order valence-corrected chi connectivity index (χ2v) is 16.2. The minimum Gasteiger partial charge on any atom is -0.462 e. The highest BCUT2D eigenvalue weighted by molar-refractivity contribution is 6.00. The Kier molecular flexibility index (Phi) is 22.0. The number of benzene rings is 1. The molecule has 2 aromatic heterocycles. The molecule has 0 saturated carbocycles. The monoisotopic (exact) mass is 834 g/mol. The van der Waals surface area contributed by atoms with Crippen molar-refractivity contribution in [1.29, 1.82) is 0 Å². The zero-order valence-electron chi connectivity index (χ0n) is 36.3. The molecule has 60 heavy (non-hydrogen) atoms. The summed E-state index contributed by atoms with van der Waals surface area (Å²) in [5.41, 5.74) is 0.927. The Labute approximate surface area is 357 Å². The van der Waals surface area contributed by atoms with E-state index in [4.69, 9.17) is 9.47 Å². The minimum atomic E-state index is -4.56. The van der Waals surface area contributed by atoms with Gasteiger partial charge >= 0.3 is 18.1 Å². The van der Waals surface area contributed by atoms with Gasteiger partial charge in [-0.1, -0.05) is 154 Å². The maximum absolute atomic E-state index is 14.5. The number of rotatable bonds is 29. The van der Waals surface area contributed by atoms with Crippen LogP contribution in [0.5, 0.6) is 0 Å². The van der Waals surface area contributed by atoms with Crippen molar-refractivity contribution in [3.63, 3.8) is 0 Å². The van der Waals surface area contributed by atoms with Crippen molar-refractivity contribution in [2.24, 2.45) is 0 Å². The molecule has 10 heteroatoms. The van der Waals surface area contributed by atoms with Gasteiger partial charge in [0.2, 0.25) is 0 Å². The molecule has 0 atom stereocenters. The Balaban J connectivity index is 1.61. The number of halogens is 3. The molecule has 7 nitrogen and oxygen atoms in total. The molecule has 0 fully saturated rings. The van der Waals surface area contributed by atoms with Crippen molar-refractivity contribution in [2.45, 2.75) is 167 Å². The number of carbonyl (C=O) groups is 2. The number of ether oxygens (including phenoxy) is 2. The number of alkyl halides is 3. The fourth-order valence-corrected chi connectivity index (χ4v) is 7.85. The summed E-state index contributed by atoms with van der Waals surface area (Å²) in [5.74, 6) is -2.27. The van der Waals surface area contributed by atoms with Crippen LogP contribution in [-0.2, 0) is 38.3 Å². The van der Waals surface area contributed by atoms with Crippen molar-refractivity contribution < 1.29 is 41.4 Å². The summed E-state index contributed by atoms with van der Waals surface area (Å²) in [4.78, 5) is 28.9. The second-order valence-electron chi connectivity index (χ2n) is 16.2. The molecule has 0 amide bonds. The van der Waals surface area contributed by atoms with Crippen molar-refractivity contribution in [2.75, 3.05) is 13.2 Å². The van der Waals surface area contributed by atoms with Crippen LogP contribution in [0.2, 0.25) is 0 Å². The van der Waals surface area contributed by atoms with Crippen LogP contribution in [0.3, 0.4) is 0 Å². The first-order valence-electron chi connectivity index (χ1n) is 22.9. The highest BCUT2D eigenvalue weighted by atomic mass is 19.4. The lowest BCUT2D eigenvalue weighted by Crippen LogP contribution is -2.45. The molecule has 4 rings (SSSR count). The van der Waals surface area contributed by atoms with Gasteiger partial charge in [-0.05, 0) is 30.5 Å². The molecule has 328 valence electrons. The van der Waals surface area contributed by atoms with E-state index in [0.717, 1.165) is 50.7 Å². The van der Waals surface area contributed by atoms with Crippen LogP contribution in [0, 0.1) is 0 Å². The van der Waals surface area contributed by atoms with E-state index in [1.807, 2.05) is 70.3 Å². The first-order valence-corrected chi connectivity index (χ1v) is 22.9. The summed E-state index contributed by atoms with van der Waals surface area (Å²) >= 11 is 0. The maximum atomic E-state index is 14.5. The molecule has 1 aromatic carbocycles. The van der Waals surface area contributed by atoms with Crippen molar-refractivity contribution in [3.05, 3.63) is 119 Å². The van der Waals surface area contributed by atoms with Crippen LogP contribution in [-0.4, -0.2) is 25.2 Å². The molecule has 0 bridgehead atoms. The van der Waals surface area contributed by atoms with Gasteiger partial charge in [-0.25, -0.2) is 9.59 Å². The fourth-order valence-electron chi connectivity index (χ4n) is 7.85. The number of hydrogen-bond acceptors (Lipinski definition) is 5. The SMILES string of the molecule is CCCCCCCCCCCCOC(=O)C1=C(C[n+]2ccccc2)NC(C[n+]2ccccc2)=C(C(=O)OCCCCCCCCCCCC)C1c1ccc(C(F)(F)F)cc1. The van der Waals surface area contributed by atoms with Crippen molar-refractivity contribution in [1.82, 2.24) is 5.32 Å². The minimum absolute atomic E-state index is 0.186. The molecule has 3 heterocycles. The average molecular weight is 834 g/mol. The van der Waals surface area contributed by atoms with E-state index in [1.54, 1.807) is 0 Å². The molecule has 1 N–H and O–H groups in total. The van der Waals surface area contributed by atoms with Crippen LogP contribution in [0.4, 0.5) is 13.2 Å². The van der Waals surface area contributed by atoms with Crippen LogP contribution in [0.25, 0.3) is 0 Å². The number of nitrogens with zero attached hydrogens (tertiary/aromatic N) is 2. The molecular formula is C50H70F3N3O4+2. The second kappa shape index (κ2) is 27.4. The van der Waals surface area contributed by atoms with E-state index in [2.05, 4.69) is 19.2 Å². The number of aromatic nitrogens is 2. The standard InChI is InChI=1S/C50H69F3N3O4/c1-3-5-7-9-11-13-15-17-19-27-37-59-48(57)46-43(39-55-33-23-21-24-34-55)54-44(40-56-35-25-22-26-36-56)47(45(46)41-29-31-42(32-30-41)50(51,52)53)49(58)60-38-28-20-18-16-14-12-10-8-6-4-2/h21-26,29-36,45H,3-20,27-28,37-40H2,1-2H3/q+1/p+1. The van der Waals surface area contributed by atoms with Crippen LogP contribution < -0.4 is 14.5 Å². The van der Waals surface area contributed by atoms with E-state index in [-0.39, 0.29) is 37.4 Å². The van der Waals surface area contributed by atoms with Crippen LogP contribution >= 0.6 is 0 Å². The number of allylic oxidation sites excluding steroid dienone is 2. The van der Waals surface area contributed by atoms with Gasteiger partial charge < -0.3 is 14.8 Å². The molecular weight excluding hydrogens is 764 g/mol. The maximum Gasteiger partial charge on any atom is 0.416 e. The molecule has 0 aliphatic carbocycles. The Hall–Kier alpha value is -4.47. The number of nitrogens with one attached hydrogen (secondary N) is 1. The Bertz CT molecular complexity index is 1640. The molecule has 0 saturated heterocycles. The van der Waals surface area contributed by atoms with E-state index < -0.39 is 29.6 Å². The quantitative estimate of drug-likeness (QED) is 0.0428. The Morgan fingerprint density at radius 2 is 0.883 bits per heavy atom. The summed E-state index contributed by atoms with van der Waals surface area (Å²) < 4.78 is 57.4. The number of carbonyl (C=O) groups excluding carboxylic acids is 2. The van der Waals surface area contributed by atoms with Gasteiger partial charge in [0.25, 0.3) is 0 Å². The fraction of sp³-hybridized carbons (Fsp3) is 0.560. The van der Waals surface area contributed by atoms with Crippen molar-refractivity contribution >= 4 is 11.9 Å². The smallest absolute Gasteiger partial charge is 0.416 e.